The monoisotopic (exact) mass is 435 g/mol. The molecule has 1 aliphatic rings. The molecule has 0 atom stereocenters. The Kier molecular flexibility index (Phi) is 4.11. The third kappa shape index (κ3) is 2.57. The molecular weight excluding hydrogens is 409 g/mol. The first kappa shape index (κ1) is 19.7. The summed E-state index contributed by atoms with van der Waals surface area (Å²) in [4.78, 5) is 2.40. The fourth-order valence-electron chi connectivity index (χ4n) is 6.30. The van der Waals surface area contributed by atoms with E-state index in [1.54, 1.807) is 0 Å². The van der Waals surface area contributed by atoms with Gasteiger partial charge in [-0.15, -0.1) is 0 Å². The van der Waals surface area contributed by atoms with Crippen molar-refractivity contribution >= 4 is 66.8 Å². The van der Waals surface area contributed by atoms with Crippen LogP contribution in [0.2, 0.25) is 0 Å². The van der Waals surface area contributed by atoms with E-state index in [0.717, 1.165) is 0 Å². The quantitative estimate of drug-likeness (QED) is 0.228. The molecule has 1 heterocycles. The van der Waals surface area contributed by atoms with E-state index in [2.05, 4.69) is 123 Å². The van der Waals surface area contributed by atoms with Crippen molar-refractivity contribution in [2.45, 2.75) is 19.8 Å². The summed E-state index contributed by atoms with van der Waals surface area (Å²) in [6.07, 6.45) is 0. The molecule has 0 bridgehead atoms. The van der Waals surface area contributed by atoms with E-state index in [9.17, 15) is 0 Å². The van der Waals surface area contributed by atoms with Gasteiger partial charge in [-0.3, -0.25) is 0 Å². The highest BCUT2D eigenvalue weighted by Crippen LogP contribution is 2.42. The van der Waals surface area contributed by atoms with Crippen LogP contribution >= 0.6 is 0 Å². The van der Waals surface area contributed by atoms with E-state index in [-0.39, 0.29) is 6.71 Å². The molecule has 0 N–H and O–H groups in total. The van der Waals surface area contributed by atoms with Crippen molar-refractivity contribution in [2.75, 3.05) is 11.9 Å². The molecule has 34 heavy (non-hydrogen) atoms. The molecule has 6 aromatic rings. The molecule has 0 aliphatic carbocycles. The first-order valence-electron chi connectivity index (χ1n) is 12.3. The Bertz CT molecular complexity index is 1700. The number of hydrogen-bond acceptors (Lipinski definition) is 1. The minimum Gasteiger partial charge on any atom is -0.345 e. The topological polar surface area (TPSA) is 3.24 Å². The third-order valence-corrected chi connectivity index (χ3v) is 7.84. The number of hydrogen-bond donors (Lipinski definition) is 0. The number of benzene rings is 6. The Morgan fingerprint density at radius 2 is 1.35 bits per heavy atom. The summed E-state index contributed by atoms with van der Waals surface area (Å²) in [7, 11) is 2.22. The van der Waals surface area contributed by atoms with E-state index >= 15 is 0 Å². The Morgan fingerprint density at radius 3 is 2.18 bits per heavy atom. The van der Waals surface area contributed by atoms with Crippen LogP contribution in [0.15, 0.2) is 97.1 Å². The maximum atomic E-state index is 2.48. The van der Waals surface area contributed by atoms with E-state index in [1.165, 1.54) is 65.6 Å². The zero-order valence-corrected chi connectivity index (χ0v) is 19.8. The molecule has 0 aromatic heterocycles. The van der Waals surface area contributed by atoms with Crippen LogP contribution in [0, 0.1) is 0 Å². The predicted molar refractivity (Wildman–Crippen MR) is 150 cm³/mol. The second-order valence-electron chi connectivity index (χ2n) is 10.0. The van der Waals surface area contributed by atoms with Crippen molar-refractivity contribution in [3.8, 4) is 0 Å². The minimum absolute atomic E-state index is 0.180. The van der Waals surface area contributed by atoms with Gasteiger partial charge in [0, 0.05) is 23.8 Å². The van der Waals surface area contributed by atoms with Crippen LogP contribution in [0.5, 0.6) is 0 Å². The highest BCUT2D eigenvalue weighted by molar-refractivity contribution is 6.98. The van der Waals surface area contributed by atoms with Gasteiger partial charge in [0.1, 0.15) is 0 Å². The largest absolute Gasteiger partial charge is 0.345 e. The molecule has 0 spiro atoms. The fraction of sp³-hybridized carbons (Fsp3) is 0.125. The maximum absolute atomic E-state index is 2.48. The number of para-hydroxylation sites is 1. The molecule has 0 fully saturated rings. The highest BCUT2D eigenvalue weighted by atomic mass is 15.1. The summed E-state index contributed by atoms with van der Waals surface area (Å²) in [6.45, 7) is 4.78. The molecule has 2 heteroatoms. The zero-order chi connectivity index (χ0) is 23.0. The minimum atomic E-state index is 0.180. The van der Waals surface area contributed by atoms with E-state index in [1.807, 2.05) is 0 Å². The number of fused-ring (bicyclic) bond motifs is 1. The van der Waals surface area contributed by atoms with Gasteiger partial charge in [-0.05, 0) is 56.0 Å². The molecular formula is C32H26BN. The van der Waals surface area contributed by atoms with Crippen molar-refractivity contribution in [1.29, 1.82) is 0 Å². The van der Waals surface area contributed by atoms with Crippen molar-refractivity contribution in [1.82, 2.24) is 0 Å². The molecule has 0 saturated heterocycles. The van der Waals surface area contributed by atoms with Crippen LogP contribution in [0.4, 0.5) is 11.4 Å². The molecule has 7 rings (SSSR count). The summed E-state index contributed by atoms with van der Waals surface area (Å²) in [6, 6.07) is 36.4. The van der Waals surface area contributed by atoms with Crippen LogP contribution in [-0.2, 0) is 0 Å². The Hall–Kier alpha value is -3.78. The maximum Gasteiger partial charge on any atom is 0.244 e. The van der Waals surface area contributed by atoms with Gasteiger partial charge in [0.2, 0.25) is 6.71 Å². The van der Waals surface area contributed by atoms with Crippen molar-refractivity contribution in [3.05, 3.63) is 103 Å². The first-order chi connectivity index (χ1) is 16.6. The lowest BCUT2D eigenvalue weighted by atomic mass is 9.36. The van der Waals surface area contributed by atoms with Crippen LogP contribution in [0.1, 0.15) is 25.3 Å². The second-order valence-corrected chi connectivity index (χ2v) is 10.0. The van der Waals surface area contributed by atoms with Gasteiger partial charge in [-0.1, -0.05) is 110 Å². The van der Waals surface area contributed by atoms with Crippen molar-refractivity contribution in [2.24, 2.45) is 0 Å². The summed E-state index contributed by atoms with van der Waals surface area (Å²) < 4.78 is 0. The Labute approximate surface area is 201 Å². The lowest BCUT2D eigenvalue weighted by Crippen LogP contribution is -2.52. The molecule has 1 aliphatic heterocycles. The van der Waals surface area contributed by atoms with Crippen molar-refractivity contribution in [3.63, 3.8) is 0 Å². The predicted octanol–water partition coefficient (Wildman–Crippen LogP) is 6.30. The molecule has 6 aromatic carbocycles. The van der Waals surface area contributed by atoms with Gasteiger partial charge in [0.25, 0.3) is 0 Å². The van der Waals surface area contributed by atoms with Gasteiger partial charge in [0.15, 0.2) is 0 Å². The lowest BCUT2D eigenvalue weighted by Gasteiger charge is -2.23. The standard InChI is InChI=1S/C32H26BN/c1-20(2)24-16-14-22-19-27-32-29(18-15-21-13-17-25(24)30(22)31(21)32)34(3)28-12-8-7-11-26(28)33(27)23-9-5-4-6-10-23/h4-20H,1-3H3. The Balaban J connectivity index is 1.72. The number of anilines is 2. The first-order valence-corrected chi connectivity index (χ1v) is 12.3. The second kappa shape index (κ2) is 7.11. The van der Waals surface area contributed by atoms with E-state index < -0.39 is 0 Å². The van der Waals surface area contributed by atoms with Gasteiger partial charge in [-0.25, -0.2) is 0 Å². The summed E-state index contributed by atoms with van der Waals surface area (Å²) >= 11 is 0. The molecule has 0 amide bonds. The fourth-order valence-corrected chi connectivity index (χ4v) is 6.30. The zero-order valence-electron chi connectivity index (χ0n) is 19.8. The lowest BCUT2D eigenvalue weighted by molar-refractivity contribution is 0.877. The summed E-state index contributed by atoms with van der Waals surface area (Å²) in [5.74, 6) is 0.489. The van der Waals surface area contributed by atoms with Crippen LogP contribution < -0.4 is 21.3 Å². The average Bonchev–Trinajstić information content (AvgIpc) is 2.97. The van der Waals surface area contributed by atoms with Crippen molar-refractivity contribution < 1.29 is 0 Å². The van der Waals surface area contributed by atoms with Crippen LogP contribution in [-0.4, -0.2) is 13.8 Å². The average molecular weight is 435 g/mol. The highest BCUT2D eigenvalue weighted by Gasteiger charge is 2.32. The van der Waals surface area contributed by atoms with E-state index in [0.29, 0.717) is 5.92 Å². The number of rotatable bonds is 2. The van der Waals surface area contributed by atoms with Crippen LogP contribution in [0.3, 0.4) is 0 Å². The summed E-state index contributed by atoms with van der Waals surface area (Å²) in [5.41, 5.74) is 8.11. The molecule has 0 unspecified atom stereocenters. The van der Waals surface area contributed by atoms with Crippen LogP contribution in [0.25, 0.3) is 32.3 Å². The molecule has 1 nitrogen and oxygen atoms in total. The van der Waals surface area contributed by atoms with Gasteiger partial charge < -0.3 is 4.90 Å². The SMILES string of the molecule is CC(C)c1ccc2cc3c4c(ccc5ccc1c2c54)N(C)c1ccccc1B3c1ccccc1. The Morgan fingerprint density at radius 1 is 0.618 bits per heavy atom. The normalized spacial score (nSPS) is 13.3. The molecule has 0 radical (unpaired) electrons. The third-order valence-electron chi connectivity index (χ3n) is 7.84. The van der Waals surface area contributed by atoms with E-state index in [4.69, 9.17) is 0 Å². The van der Waals surface area contributed by atoms with Gasteiger partial charge in [-0.2, -0.15) is 0 Å². The molecule has 0 saturated carbocycles. The van der Waals surface area contributed by atoms with Gasteiger partial charge in [0.05, 0.1) is 0 Å². The molecule has 162 valence electrons. The number of nitrogens with zero attached hydrogens (tertiary/aromatic N) is 1. The smallest absolute Gasteiger partial charge is 0.244 e. The summed E-state index contributed by atoms with van der Waals surface area (Å²) in [5, 5.41) is 8.27. The van der Waals surface area contributed by atoms with Gasteiger partial charge >= 0.3 is 0 Å².